The number of nitriles is 1. The van der Waals surface area contributed by atoms with Crippen LogP contribution in [0.15, 0.2) is 22.7 Å². The van der Waals surface area contributed by atoms with Gasteiger partial charge in [0, 0.05) is 17.4 Å². The van der Waals surface area contributed by atoms with E-state index in [0.29, 0.717) is 12.0 Å². The summed E-state index contributed by atoms with van der Waals surface area (Å²) in [4.78, 5) is 10.9. The summed E-state index contributed by atoms with van der Waals surface area (Å²) < 4.78 is 5.47. The first-order chi connectivity index (χ1) is 9.17. The fourth-order valence-electron chi connectivity index (χ4n) is 1.66. The van der Waals surface area contributed by atoms with E-state index in [0.717, 1.165) is 36.0 Å². The van der Waals surface area contributed by atoms with Crippen LogP contribution in [0, 0.1) is 11.3 Å². The minimum Gasteiger partial charge on any atom is -0.469 e. The Labute approximate surface area is 121 Å². The third-order valence-corrected chi connectivity index (χ3v) is 3.20. The van der Waals surface area contributed by atoms with E-state index in [-0.39, 0.29) is 5.97 Å². The van der Waals surface area contributed by atoms with Crippen molar-refractivity contribution in [2.24, 2.45) is 0 Å². The number of esters is 1. The summed E-state index contributed by atoms with van der Waals surface area (Å²) in [5.74, 6) is -0.160. The van der Waals surface area contributed by atoms with Gasteiger partial charge in [-0.05, 0) is 31.0 Å². The van der Waals surface area contributed by atoms with Crippen LogP contribution in [0.4, 0.5) is 5.69 Å². The molecule has 0 aromatic heterocycles. The number of hydrogen-bond acceptors (Lipinski definition) is 4. The number of carbonyl (C=O) groups is 1. The molecule has 0 saturated heterocycles. The first-order valence-corrected chi connectivity index (χ1v) is 6.97. The van der Waals surface area contributed by atoms with Crippen LogP contribution in [0.5, 0.6) is 0 Å². The number of unbranched alkanes of at least 4 members (excludes halogenated alkanes) is 2. The molecular formula is C14H17BrN2O2. The Morgan fingerprint density at radius 1 is 1.42 bits per heavy atom. The number of nitrogens with zero attached hydrogens (tertiary/aromatic N) is 1. The van der Waals surface area contributed by atoms with E-state index < -0.39 is 0 Å². The molecule has 0 atom stereocenters. The van der Waals surface area contributed by atoms with Crippen molar-refractivity contribution in [2.45, 2.75) is 25.7 Å². The van der Waals surface area contributed by atoms with Crippen molar-refractivity contribution in [3.63, 3.8) is 0 Å². The van der Waals surface area contributed by atoms with Crippen molar-refractivity contribution in [3.8, 4) is 6.07 Å². The lowest BCUT2D eigenvalue weighted by molar-refractivity contribution is -0.140. The lowest BCUT2D eigenvalue weighted by atomic mass is 10.1. The van der Waals surface area contributed by atoms with Crippen LogP contribution in [-0.2, 0) is 9.53 Å². The van der Waals surface area contributed by atoms with Gasteiger partial charge in [-0.3, -0.25) is 4.79 Å². The third kappa shape index (κ3) is 5.75. The van der Waals surface area contributed by atoms with Gasteiger partial charge in [0.05, 0.1) is 18.4 Å². The molecule has 0 amide bonds. The molecule has 0 aliphatic heterocycles. The number of benzene rings is 1. The zero-order valence-electron chi connectivity index (χ0n) is 10.9. The largest absolute Gasteiger partial charge is 0.469 e. The van der Waals surface area contributed by atoms with Gasteiger partial charge in [0.2, 0.25) is 0 Å². The summed E-state index contributed by atoms with van der Waals surface area (Å²) >= 11 is 3.34. The first kappa shape index (κ1) is 15.5. The zero-order valence-corrected chi connectivity index (χ0v) is 12.5. The monoisotopic (exact) mass is 324 g/mol. The van der Waals surface area contributed by atoms with Gasteiger partial charge >= 0.3 is 5.97 Å². The second-order valence-corrected chi connectivity index (χ2v) is 5.03. The molecule has 4 nitrogen and oxygen atoms in total. The second-order valence-electron chi connectivity index (χ2n) is 4.12. The van der Waals surface area contributed by atoms with Crippen LogP contribution in [0.2, 0.25) is 0 Å². The minimum absolute atomic E-state index is 0.160. The maximum atomic E-state index is 10.9. The zero-order chi connectivity index (χ0) is 14.1. The van der Waals surface area contributed by atoms with Gasteiger partial charge in [-0.2, -0.15) is 5.26 Å². The van der Waals surface area contributed by atoms with Crippen LogP contribution in [0.25, 0.3) is 0 Å². The molecule has 1 N–H and O–H groups in total. The quantitative estimate of drug-likeness (QED) is 0.616. The fraction of sp³-hybridized carbons (Fsp3) is 0.429. The molecule has 0 aliphatic rings. The third-order valence-electron chi connectivity index (χ3n) is 2.70. The standard InChI is InChI=1S/C14H17BrN2O2/c1-19-14(18)5-3-2-4-8-17-13-7-6-12(15)9-11(13)10-16/h6-7,9,17H,2-5,8H2,1H3. The predicted molar refractivity (Wildman–Crippen MR) is 77.8 cm³/mol. The normalized spacial score (nSPS) is 9.74. The van der Waals surface area contributed by atoms with Crippen molar-refractivity contribution < 1.29 is 9.53 Å². The Balaban J connectivity index is 2.27. The van der Waals surface area contributed by atoms with Gasteiger partial charge < -0.3 is 10.1 Å². The summed E-state index contributed by atoms with van der Waals surface area (Å²) in [6.45, 7) is 0.789. The number of halogens is 1. The van der Waals surface area contributed by atoms with Crippen molar-refractivity contribution in [1.29, 1.82) is 5.26 Å². The Morgan fingerprint density at radius 2 is 2.21 bits per heavy atom. The average molecular weight is 325 g/mol. The maximum absolute atomic E-state index is 10.9. The van der Waals surface area contributed by atoms with Crippen molar-refractivity contribution in [1.82, 2.24) is 0 Å². The smallest absolute Gasteiger partial charge is 0.305 e. The molecule has 0 unspecified atom stereocenters. The molecule has 0 radical (unpaired) electrons. The van der Waals surface area contributed by atoms with E-state index in [1.54, 1.807) is 6.07 Å². The molecule has 102 valence electrons. The highest BCUT2D eigenvalue weighted by molar-refractivity contribution is 9.10. The number of carbonyl (C=O) groups excluding carboxylic acids is 1. The highest BCUT2D eigenvalue weighted by Gasteiger charge is 2.02. The van der Waals surface area contributed by atoms with E-state index in [2.05, 4.69) is 32.1 Å². The van der Waals surface area contributed by atoms with Crippen molar-refractivity contribution >= 4 is 27.6 Å². The van der Waals surface area contributed by atoms with E-state index in [1.807, 2.05) is 12.1 Å². The Kier molecular flexibility index (Phi) is 6.98. The van der Waals surface area contributed by atoms with Crippen LogP contribution in [0.1, 0.15) is 31.2 Å². The van der Waals surface area contributed by atoms with Crippen LogP contribution >= 0.6 is 15.9 Å². The summed E-state index contributed by atoms with van der Waals surface area (Å²) in [5.41, 5.74) is 1.47. The van der Waals surface area contributed by atoms with E-state index in [4.69, 9.17) is 5.26 Å². The van der Waals surface area contributed by atoms with Gasteiger partial charge in [0.15, 0.2) is 0 Å². The first-order valence-electron chi connectivity index (χ1n) is 6.17. The number of hydrogen-bond donors (Lipinski definition) is 1. The minimum atomic E-state index is -0.160. The molecule has 0 bridgehead atoms. The SMILES string of the molecule is COC(=O)CCCCCNc1ccc(Br)cc1C#N. The molecule has 0 aliphatic carbocycles. The molecule has 1 aromatic rings. The lowest BCUT2D eigenvalue weighted by Gasteiger charge is -2.08. The van der Waals surface area contributed by atoms with Gasteiger partial charge in [0.1, 0.15) is 6.07 Å². The lowest BCUT2D eigenvalue weighted by Crippen LogP contribution is -2.04. The summed E-state index contributed by atoms with van der Waals surface area (Å²) in [7, 11) is 1.40. The average Bonchev–Trinajstić information content (AvgIpc) is 2.43. The Bertz CT molecular complexity index is 469. The van der Waals surface area contributed by atoms with E-state index in [1.165, 1.54) is 7.11 Å². The number of nitrogens with one attached hydrogen (secondary N) is 1. The molecule has 5 heteroatoms. The predicted octanol–water partition coefficient (Wildman–Crippen LogP) is 3.47. The number of ether oxygens (including phenoxy) is 1. The Morgan fingerprint density at radius 3 is 2.89 bits per heavy atom. The maximum Gasteiger partial charge on any atom is 0.305 e. The van der Waals surface area contributed by atoms with Crippen LogP contribution in [0.3, 0.4) is 0 Å². The summed E-state index contributed by atoms with van der Waals surface area (Å²) in [6, 6.07) is 7.74. The van der Waals surface area contributed by atoms with Gasteiger partial charge in [-0.1, -0.05) is 22.4 Å². The van der Waals surface area contributed by atoms with Gasteiger partial charge in [-0.15, -0.1) is 0 Å². The second kappa shape index (κ2) is 8.54. The van der Waals surface area contributed by atoms with Gasteiger partial charge in [0.25, 0.3) is 0 Å². The molecule has 0 heterocycles. The molecular weight excluding hydrogens is 308 g/mol. The molecule has 0 saturated carbocycles. The fourth-order valence-corrected chi connectivity index (χ4v) is 2.02. The topological polar surface area (TPSA) is 62.1 Å². The van der Waals surface area contributed by atoms with E-state index >= 15 is 0 Å². The van der Waals surface area contributed by atoms with Crippen molar-refractivity contribution in [2.75, 3.05) is 19.0 Å². The van der Waals surface area contributed by atoms with E-state index in [9.17, 15) is 4.79 Å². The van der Waals surface area contributed by atoms with Crippen LogP contribution in [-0.4, -0.2) is 19.6 Å². The highest BCUT2D eigenvalue weighted by Crippen LogP contribution is 2.20. The molecule has 19 heavy (non-hydrogen) atoms. The van der Waals surface area contributed by atoms with Gasteiger partial charge in [-0.25, -0.2) is 0 Å². The van der Waals surface area contributed by atoms with Crippen LogP contribution < -0.4 is 5.32 Å². The molecule has 1 aromatic carbocycles. The summed E-state index contributed by atoms with van der Waals surface area (Å²) in [5, 5.41) is 12.2. The Hall–Kier alpha value is -1.54. The molecule has 0 spiro atoms. The molecule has 1 rings (SSSR count). The molecule has 0 fully saturated rings. The van der Waals surface area contributed by atoms with Crippen molar-refractivity contribution in [3.05, 3.63) is 28.2 Å². The summed E-state index contributed by atoms with van der Waals surface area (Å²) in [6.07, 6.45) is 3.22. The number of anilines is 1. The highest BCUT2D eigenvalue weighted by atomic mass is 79.9. The number of methoxy groups -OCH3 is 1. The number of rotatable bonds is 7.